The van der Waals surface area contributed by atoms with Crippen LogP contribution in [0.1, 0.15) is 42.4 Å². The Morgan fingerprint density at radius 2 is 2.08 bits per heavy atom. The van der Waals surface area contributed by atoms with E-state index in [4.69, 9.17) is 4.42 Å². The quantitative estimate of drug-likeness (QED) is 0.888. The smallest absolute Gasteiger partial charge is 0.358 e. The van der Waals surface area contributed by atoms with Crippen LogP contribution < -0.4 is 0 Å². The summed E-state index contributed by atoms with van der Waals surface area (Å²) in [6.45, 7) is 2.49. The highest BCUT2D eigenvalue weighted by atomic mass is 16.4. The molecule has 0 aliphatic carbocycles. The predicted octanol–water partition coefficient (Wildman–Crippen LogP) is 2.77. The molecule has 25 heavy (non-hydrogen) atoms. The van der Waals surface area contributed by atoms with Crippen LogP contribution in [0.25, 0.3) is 11.5 Å². The summed E-state index contributed by atoms with van der Waals surface area (Å²) in [6, 6.07) is 9.88. The minimum absolute atomic E-state index is 0.0166. The summed E-state index contributed by atoms with van der Waals surface area (Å²) < 4.78 is 5.86. The highest BCUT2D eigenvalue weighted by Gasteiger charge is 2.45. The molecule has 2 aliphatic rings. The molecule has 2 aromatic rings. The minimum atomic E-state index is -1.07. The molecule has 2 aliphatic heterocycles. The van der Waals surface area contributed by atoms with Crippen LogP contribution in [0.3, 0.4) is 0 Å². The van der Waals surface area contributed by atoms with Crippen molar-refractivity contribution in [1.29, 1.82) is 0 Å². The van der Waals surface area contributed by atoms with Gasteiger partial charge in [-0.1, -0.05) is 25.1 Å². The number of fused-ring (bicyclic) bond motifs is 2. The Hall–Kier alpha value is -2.18. The van der Waals surface area contributed by atoms with Crippen LogP contribution in [-0.2, 0) is 6.54 Å². The lowest BCUT2D eigenvalue weighted by Gasteiger charge is -2.41. The van der Waals surface area contributed by atoms with Crippen molar-refractivity contribution < 1.29 is 19.4 Å². The van der Waals surface area contributed by atoms with Gasteiger partial charge in [-0.3, -0.25) is 4.90 Å². The molecule has 2 saturated heterocycles. The molecule has 2 fully saturated rings. The maximum atomic E-state index is 11.6. The number of nitrogens with zero attached hydrogens (tertiary/aromatic N) is 2. The Bertz CT molecular complexity index is 773. The van der Waals surface area contributed by atoms with E-state index < -0.39 is 5.97 Å². The van der Waals surface area contributed by atoms with Gasteiger partial charge in [-0.2, -0.15) is 0 Å². The maximum absolute atomic E-state index is 11.6. The average molecular weight is 342 g/mol. The molecule has 1 aromatic heterocycles. The number of carboxylic acids is 1. The number of hydrogen-bond acceptors (Lipinski definition) is 5. The van der Waals surface area contributed by atoms with Gasteiger partial charge in [0.2, 0.25) is 5.89 Å². The third-order valence-electron chi connectivity index (χ3n) is 5.66. The fourth-order valence-electron chi connectivity index (χ4n) is 4.28. The van der Waals surface area contributed by atoms with E-state index in [0.29, 0.717) is 18.2 Å². The average Bonchev–Trinajstić information content (AvgIpc) is 3.16. The normalized spacial score (nSPS) is 29.0. The Balaban J connectivity index is 1.64. The number of oxazole rings is 1. The Labute approximate surface area is 146 Å². The van der Waals surface area contributed by atoms with Gasteiger partial charge in [0.05, 0.1) is 12.6 Å². The molecule has 4 atom stereocenters. The van der Waals surface area contributed by atoms with Gasteiger partial charge in [0.25, 0.3) is 0 Å². The van der Waals surface area contributed by atoms with Gasteiger partial charge in [0, 0.05) is 17.6 Å². The van der Waals surface area contributed by atoms with Gasteiger partial charge < -0.3 is 14.6 Å². The summed E-state index contributed by atoms with van der Waals surface area (Å²) in [5, 5.41) is 19.7. The number of carbonyl (C=O) groups is 1. The molecule has 2 N–H and O–H groups in total. The lowest BCUT2D eigenvalue weighted by atomic mass is 9.89. The van der Waals surface area contributed by atoms with Crippen LogP contribution in [0, 0.1) is 5.92 Å². The second-order valence-electron chi connectivity index (χ2n) is 7.10. The van der Waals surface area contributed by atoms with Crippen LogP contribution in [-0.4, -0.2) is 44.3 Å². The van der Waals surface area contributed by atoms with Crippen LogP contribution >= 0.6 is 0 Å². The number of benzene rings is 1. The molecule has 0 saturated carbocycles. The number of aromatic carboxylic acids is 1. The maximum Gasteiger partial charge on any atom is 0.358 e. The predicted molar refractivity (Wildman–Crippen MR) is 91.0 cm³/mol. The number of hydrogen-bond donors (Lipinski definition) is 2. The van der Waals surface area contributed by atoms with Crippen molar-refractivity contribution in [3.8, 4) is 11.5 Å². The number of aromatic nitrogens is 1. The molecule has 4 rings (SSSR count). The van der Waals surface area contributed by atoms with Gasteiger partial charge in [0.15, 0.2) is 11.5 Å². The summed E-state index contributed by atoms with van der Waals surface area (Å²) in [5.74, 6) is -0.154. The van der Waals surface area contributed by atoms with E-state index >= 15 is 0 Å². The summed E-state index contributed by atoms with van der Waals surface area (Å²) in [6.07, 6.45) is 2.53. The van der Waals surface area contributed by atoms with E-state index in [-0.39, 0.29) is 29.8 Å². The summed E-state index contributed by atoms with van der Waals surface area (Å²) in [5.41, 5.74) is 0.749. The molecule has 0 radical (unpaired) electrons. The summed E-state index contributed by atoms with van der Waals surface area (Å²) in [4.78, 5) is 18.1. The van der Waals surface area contributed by atoms with Crippen LogP contribution in [0.2, 0.25) is 0 Å². The van der Waals surface area contributed by atoms with Crippen molar-refractivity contribution in [3.63, 3.8) is 0 Å². The first-order valence-electron chi connectivity index (χ1n) is 8.77. The van der Waals surface area contributed by atoms with Crippen molar-refractivity contribution in [1.82, 2.24) is 9.88 Å². The van der Waals surface area contributed by atoms with E-state index in [1.807, 2.05) is 30.3 Å². The minimum Gasteiger partial charge on any atom is -0.476 e. The van der Waals surface area contributed by atoms with Crippen molar-refractivity contribution in [2.24, 2.45) is 5.92 Å². The standard InChI is InChI=1S/C19H22N2O4/c1-11-14-8-7-13(9-15(11)22)21(14)10-16-17(19(23)24)20-18(25-16)12-5-3-2-4-6-12/h2-6,11,13-15,22H,7-10H2,1H3,(H,23,24). The fourth-order valence-corrected chi connectivity index (χ4v) is 4.28. The number of rotatable bonds is 4. The summed E-state index contributed by atoms with van der Waals surface area (Å²) in [7, 11) is 0. The van der Waals surface area contributed by atoms with Crippen LogP contribution in [0.15, 0.2) is 34.7 Å². The van der Waals surface area contributed by atoms with Gasteiger partial charge in [-0.05, 0) is 37.3 Å². The Morgan fingerprint density at radius 1 is 1.32 bits per heavy atom. The molecular weight excluding hydrogens is 320 g/mol. The first-order chi connectivity index (χ1) is 12.0. The van der Waals surface area contributed by atoms with Gasteiger partial charge in [-0.15, -0.1) is 0 Å². The van der Waals surface area contributed by atoms with Crippen molar-refractivity contribution >= 4 is 5.97 Å². The molecular formula is C19H22N2O4. The van der Waals surface area contributed by atoms with Crippen LogP contribution in [0.5, 0.6) is 0 Å². The number of piperidine rings is 1. The number of aliphatic hydroxyl groups excluding tert-OH is 1. The van der Waals surface area contributed by atoms with Gasteiger partial charge in [0.1, 0.15) is 0 Å². The van der Waals surface area contributed by atoms with Crippen molar-refractivity contribution in [2.45, 2.75) is 50.9 Å². The molecule has 3 heterocycles. The zero-order chi connectivity index (χ0) is 17.6. The molecule has 1 aromatic carbocycles. The summed E-state index contributed by atoms with van der Waals surface area (Å²) >= 11 is 0. The van der Waals surface area contributed by atoms with E-state index in [9.17, 15) is 15.0 Å². The number of carboxylic acid groups (broad SMARTS) is 1. The lowest BCUT2D eigenvalue weighted by Crippen LogP contribution is -2.49. The Morgan fingerprint density at radius 3 is 2.80 bits per heavy atom. The molecule has 6 nitrogen and oxygen atoms in total. The fraction of sp³-hybridized carbons (Fsp3) is 0.474. The highest BCUT2D eigenvalue weighted by Crippen LogP contribution is 2.40. The van der Waals surface area contributed by atoms with E-state index in [0.717, 1.165) is 24.8 Å². The van der Waals surface area contributed by atoms with Gasteiger partial charge in [-0.25, -0.2) is 9.78 Å². The van der Waals surface area contributed by atoms with Crippen LogP contribution in [0.4, 0.5) is 0 Å². The SMILES string of the molecule is CC1C(O)CC2CCC1N2Cc1oc(-c2ccccc2)nc1C(=O)O. The first kappa shape index (κ1) is 16.3. The Kier molecular flexibility index (Phi) is 4.09. The molecule has 132 valence electrons. The largest absolute Gasteiger partial charge is 0.476 e. The molecule has 6 heteroatoms. The molecule has 4 unspecified atom stereocenters. The zero-order valence-electron chi connectivity index (χ0n) is 14.1. The third-order valence-corrected chi connectivity index (χ3v) is 5.66. The van der Waals surface area contributed by atoms with Crippen molar-refractivity contribution in [2.75, 3.05) is 0 Å². The highest BCUT2D eigenvalue weighted by molar-refractivity contribution is 5.87. The second-order valence-corrected chi connectivity index (χ2v) is 7.10. The second kappa shape index (κ2) is 6.28. The number of aliphatic hydroxyl groups is 1. The van der Waals surface area contributed by atoms with E-state index in [2.05, 4.69) is 16.8 Å². The topological polar surface area (TPSA) is 86.8 Å². The third kappa shape index (κ3) is 2.85. The first-order valence-corrected chi connectivity index (χ1v) is 8.77. The zero-order valence-corrected chi connectivity index (χ0v) is 14.1. The lowest BCUT2D eigenvalue weighted by molar-refractivity contribution is -0.0174. The van der Waals surface area contributed by atoms with E-state index in [1.165, 1.54) is 0 Å². The van der Waals surface area contributed by atoms with E-state index in [1.54, 1.807) is 0 Å². The molecule has 0 amide bonds. The van der Waals surface area contributed by atoms with Crippen molar-refractivity contribution in [3.05, 3.63) is 41.8 Å². The molecule has 0 spiro atoms. The molecule has 2 bridgehead atoms. The monoisotopic (exact) mass is 342 g/mol. The van der Waals surface area contributed by atoms with Gasteiger partial charge >= 0.3 is 5.97 Å².